The Labute approximate surface area is 252 Å². The number of phenols is 1. The van der Waals surface area contributed by atoms with E-state index >= 15 is 0 Å². The van der Waals surface area contributed by atoms with Gasteiger partial charge in [-0.05, 0) is 56.6 Å². The van der Waals surface area contributed by atoms with Crippen molar-refractivity contribution in [1.82, 2.24) is 0 Å². The zero-order valence-electron chi connectivity index (χ0n) is 27.3. The molecule has 0 fully saturated rings. The number of aromatic hydroxyl groups is 1. The van der Waals surface area contributed by atoms with Gasteiger partial charge in [0.25, 0.3) is 0 Å². The van der Waals surface area contributed by atoms with Crippen molar-refractivity contribution in [2.24, 2.45) is 0 Å². The molecular weight excluding hydrogens is 512 g/mol. The number of carboxylic acids is 1. The first-order valence-corrected chi connectivity index (χ1v) is 17.4. The van der Waals surface area contributed by atoms with Gasteiger partial charge in [-0.2, -0.15) is 4.89 Å². The van der Waals surface area contributed by atoms with Crippen molar-refractivity contribution in [2.75, 3.05) is 6.61 Å². The van der Waals surface area contributed by atoms with E-state index in [0.29, 0.717) is 13.0 Å². The molecule has 0 aliphatic rings. The molecule has 1 aromatic rings. The van der Waals surface area contributed by atoms with Crippen LogP contribution >= 0.6 is 0 Å². The van der Waals surface area contributed by atoms with Crippen LogP contribution in [-0.4, -0.2) is 22.8 Å². The Kier molecular flexibility index (Phi) is 22.6. The second-order valence-electron chi connectivity index (χ2n) is 11.9. The van der Waals surface area contributed by atoms with E-state index in [-0.39, 0.29) is 17.1 Å². The molecule has 0 spiro atoms. The molecule has 1 rings (SSSR count). The second-order valence-corrected chi connectivity index (χ2v) is 11.9. The Hall–Kier alpha value is -1.75. The van der Waals surface area contributed by atoms with Crippen LogP contribution in [0.5, 0.6) is 11.5 Å². The first-order chi connectivity index (χ1) is 20.0. The van der Waals surface area contributed by atoms with Gasteiger partial charge in [0.1, 0.15) is 5.56 Å². The number of rotatable bonds is 28. The fourth-order valence-electron chi connectivity index (χ4n) is 5.93. The van der Waals surface area contributed by atoms with Crippen LogP contribution in [0.2, 0.25) is 0 Å². The van der Waals surface area contributed by atoms with Crippen LogP contribution in [0.3, 0.4) is 0 Å². The van der Waals surface area contributed by atoms with Gasteiger partial charge >= 0.3 is 5.97 Å². The molecular formula is C36H64O5. The Balaban J connectivity index is 3.23. The first kappa shape index (κ1) is 37.3. The molecule has 0 aliphatic carbocycles. The predicted molar refractivity (Wildman–Crippen MR) is 172 cm³/mol. The van der Waals surface area contributed by atoms with Crippen LogP contribution in [-0.2, 0) is 24.2 Å². The normalized spacial score (nSPS) is 11.3. The SMILES string of the molecule is CCCCCCCCCc1c(CCCCCCCCC)c(OOCC)c(O)c(C(=O)O)c1CCCCCCCCC. The highest BCUT2D eigenvalue weighted by molar-refractivity contribution is 5.94. The van der Waals surface area contributed by atoms with Crippen molar-refractivity contribution in [1.29, 1.82) is 0 Å². The van der Waals surface area contributed by atoms with Crippen molar-refractivity contribution in [2.45, 2.75) is 182 Å². The lowest BCUT2D eigenvalue weighted by atomic mass is 9.85. The fourth-order valence-corrected chi connectivity index (χ4v) is 5.93. The molecule has 41 heavy (non-hydrogen) atoms. The molecule has 0 radical (unpaired) electrons. The van der Waals surface area contributed by atoms with E-state index in [9.17, 15) is 15.0 Å². The largest absolute Gasteiger partial charge is 0.504 e. The van der Waals surface area contributed by atoms with Gasteiger partial charge in [0, 0.05) is 5.56 Å². The lowest BCUT2D eigenvalue weighted by molar-refractivity contribution is -0.203. The van der Waals surface area contributed by atoms with Crippen LogP contribution in [0.4, 0.5) is 0 Å². The molecule has 0 saturated heterocycles. The summed E-state index contributed by atoms with van der Waals surface area (Å²) in [5.74, 6) is -1.10. The number of hydrogen-bond donors (Lipinski definition) is 2. The Morgan fingerprint density at radius 2 is 0.902 bits per heavy atom. The van der Waals surface area contributed by atoms with Gasteiger partial charge in [-0.1, -0.05) is 136 Å². The van der Waals surface area contributed by atoms with E-state index in [0.717, 1.165) is 68.1 Å². The number of hydrogen-bond acceptors (Lipinski definition) is 4. The van der Waals surface area contributed by atoms with Crippen molar-refractivity contribution in [3.63, 3.8) is 0 Å². The highest BCUT2D eigenvalue weighted by Gasteiger charge is 2.28. The van der Waals surface area contributed by atoms with E-state index in [1.54, 1.807) is 0 Å². The second kappa shape index (κ2) is 24.8. The predicted octanol–water partition coefficient (Wildman–Crippen LogP) is 11.3. The third kappa shape index (κ3) is 15.3. The van der Waals surface area contributed by atoms with E-state index < -0.39 is 5.97 Å². The zero-order chi connectivity index (χ0) is 30.1. The summed E-state index contributed by atoms with van der Waals surface area (Å²) in [6.07, 6.45) is 27.4. The molecule has 2 N–H and O–H groups in total. The minimum atomic E-state index is -1.08. The minimum absolute atomic E-state index is 0.0203. The molecule has 5 nitrogen and oxygen atoms in total. The molecule has 1 aromatic carbocycles. The molecule has 0 unspecified atom stereocenters. The number of carbonyl (C=O) groups is 1. The quantitative estimate of drug-likeness (QED) is 0.0589. The summed E-state index contributed by atoms with van der Waals surface area (Å²) in [5.41, 5.74) is 2.92. The zero-order valence-corrected chi connectivity index (χ0v) is 27.3. The Bertz CT molecular complexity index is 804. The van der Waals surface area contributed by atoms with Gasteiger partial charge in [0.2, 0.25) is 5.75 Å². The molecule has 0 aliphatic heterocycles. The van der Waals surface area contributed by atoms with E-state index in [1.165, 1.54) is 96.3 Å². The van der Waals surface area contributed by atoms with Crippen LogP contribution in [0.15, 0.2) is 0 Å². The third-order valence-electron chi connectivity index (χ3n) is 8.32. The van der Waals surface area contributed by atoms with Crippen molar-refractivity contribution in [3.05, 3.63) is 22.3 Å². The van der Waals surface area contributed by atoms with E-state index in [1.807, 2.05) is 6.92 Å². The van der Waals surface area contributed by atoms with Gasteiger partial charge in [-0.25, -0.2) is 4.79 Å². The lowest BCUT2D eigenvalue weighted by Crippen LogP contribution is -2.13. The van der Waals surface area contributed by atoms with Gasteiger partial charge in [0.15, 0.2) is 5.75 Å². The number of unbranched alkanes of at least 4 members (excludes halogenated alkanes) is 18. The van der Waals surface area contributed by atoms with Crippen molar-refractivity contribution < 1.29 is 24.8 Å². The Morgan fingerprint density at radius 1 is 0.537 bits per heavy atom. The number of benzene rings is 1. The average molecular weight is 577 g/mol. The van der Waals surface area contributed by atoms with Crippen LogP contribution in [0, 0.1) is 0 Å². The lowest BCUT2D eigenvalue weighted by Gasteiger charge is -2.22. The molecule has 0 atom stereocenters. The summed E-state index contributed by atoms with van der Waals surface area (Å²) >= 11 is 0. The molecule has 0 aromatic heterocycles. The number of carboxylic acid groups (broad SMARTS) is 1. The molecule has 0 heterocycles. The van der Waals surface area contributed by atoms with Gasteiger partial charge in [-0.3, -0.25) is 0 Å². The topological polar surface area (TPSA) is 76.0 Å². The monoisotopic (exact) mass is 576 g/mol. The standard InChI is InChI=1S/C36H64O5/c1-5-9-12-15-18-21-24-27-30-31(28-25-22-19-16-13-10-6-2)33(36(38)39)34(37)35(41-40-8-4)32(30)29-26-23-20-17-14-11-7-3/h37H,5-29H2,1-4H3,(H,38,39). The third-order valence-corrected chi connectivity index (χ3v) is 8.32. The molecule has 0 amide bonds. The Morgan fingerprint density at radius 3 is 1.29 bits per heavy atom. The maximum atomic E-state index is 12.5. The summed E-state index contributed by atoms with van der Waals surface area (Å²) in [7, 11) is 0. The first-order valence-electron chi connectivity index (χ1n) is 17.4. The molecule has 5 heteroatoms. The summed E-state index contributed by atoms with van der Waals surface area (Å²) < 4.78 is 0. The maximum Gasteiger partial charge on any atom is 0.339 e. The molecule has 238 valence electrons. The van der Waals surface area contributed by atoms with Crippen LogP contribution in [0.25, 0.3) is 0 Å². The van der Waals surface area contributed by atoms with Crippen molar-refractivity contribution >= 4 is 5.97 Å². The van der Waals surface area contributed by atoms with Crippen molar-refractivity contribution in [3.8, 4) is 11.5 Å². The van der Waals surface area contributed by atoms with Gasteiger partial charge < -0.3 is 15.1 Å². The maximum absolute atomic E-state index is 12.5. The smallest absolute Gasteiger partial charge is 0.339 e. The van der Waals surface area contributed by atoms with E-state index in [2.05, 4.69) is 20.8 Å². The highest BCUT2D eigenvalue weighted by Crippen LogP contribution is 2.42. The summed E-state index contributed by atoms with van der Waals surface area (Å²) in [4.78, 5) is 23.5. The van der Waals surface area contributed by atoms with Crippen LogP contribution in [0.1, 0.15) is 190 Å². The summed E-state index contributed by atoms with van der Waals surface area (Å²) in [6, 6.07) is 0. The van der Waals surface area contributed by atoms with E-state index in [4.69, 9.17) is 9.78 Å². The summed E-state index contributed by atoms with van der Waals surface area (Å²) in [6.45, 7) is 8.87. The van der Waals surface area contributed by atoms with Gasteiger partial charge in [0.05, 0.1) is 6.61 Å². The fraction of sp³-hybridized carbons (Fsp3) is 0.806. The van der Waals surface area contributed by atoms with Crippen LogP contribution < -0.4 is 4.89 Å². The molecule has 0 bridgehead atoms. The minimum Gasteiger partial charge on any atom is -0.504 e. The highest BCUT2D eigenvalue weighted by atomic mass is 17.2. The average Bonchev–Trinajstić information content (AvgIpc) is 2.96. The number of aromatic carboxylic acids is 1. The summed E-state index contributed by atoms with van der Waals surface area (Å²) in [5, 5.41) is 21.5. The van der Waals surface area contributed by atoms with Gasteiger partial charge in [-0.15, -0.1) is 0 Å². The molecule has 0 saturated carbocycles.